The van der Waals surface area contributed by atoms with E-state index in [1.165, 1.54) is 0 Å². The largest absolute Gasteiger partial charge is 0.444 e. The summed E-state index contributed by atoms with van der Waals surface area (Å²) in [7, 11) is 0. The molecule has 0 fully saturated rings. The average molecular weight is 524 g/mol. The first-order chi connectivity index (χ1) is 17.7. The van der Waals surface area contributed by atoms with Gasteiger partial charge in [0.25, 0.3) is 0 Å². The molecule has 0 spiro atoms. The maximum atomic E-state index is 14.2. The highest BCUT2D eigenvalue weighted by atomic mass is 16.6. The molecule has 7 nitrogen and oxygen atoms in total. The van der Waals surface area contributed by atoms with Gasteiger partial charge in [0.05, 0.1) is 0 Å². The van der Waals surface area contributed by atoms with Crippen molar-refractivity contribution in [2.24, 2.45) is 5.92 Å². The number of alkyl carbamates (subject to hydrolysis) is 1. The lowest BCUT2D eigenvalue weighted by atomic mass is 9.94. The third-order valence-corrected chi connectivity index (χ3v) is 6.06. The van der Waals surface area contributed by atoms with Gasteiger partial charge in [-0.2, -0.15) is 0 Å². The summed E-state index contributed by atoms with van der Waals surface area (Å²) >= 11 is 0. The maximum Gasteiger partial charge on any atom is 0.408 e. The maximum absolute atomic E-state index is 14.2. The topological polar surface area (TPSA) is 87.7 Å². The van der Waals surface area contributed by atoms with Crippen molar-refractivity contribution in [2.75, 3.05) is 0 Å². The Labute approximate surface area is 228 Å². The van der Waals surface area contributed by atoms with E-state index in [0.29, 0.717) is 13.0 Å². The van der Waals surface area contributed by atoms with Gasteiger partial charge in [-0.05, 0) is 77.5 Å². The number of aryl methyl sites for hydroxylation is 2. The van der Waals surface area contributed by atoms with Crippen molar-refractivity contribution in [3.05, 3.63) is 70.8 Å². The fourth-order valence-electron chi connectivity index (χ4n) is 4.43. The number of nitrogens with zero attached hydrogens (tertiary/aromatic N) is 1. The number of carbonyl (C=O) groups is 3. The third kappa shape index (κ3) is 9.19. The summed E-state index contributed by atoms with van der Waals surface area (Å²) < 4.78 is 5.45. The number of hydrogen-bond acceptors (Lipinski definition) is 4. The van der Waals surface area contributed by atoms with E-state index in [4.69, 9.17) is 4.74 Å². The molecule has 7 heteroatoms. The zero-order chi connectivity index (χ0) is 28.6. The van der Waals surface area contributed by atoms with Crippen LogP contribution in [0.15, 0.2) is 48.5 Å². The molecule has 0 heterocycles. The Morgan fingerprint density at radius 1 is 0.947 bits per heavy atom. The molecule has 0 radical (unpaired) electrons. The quantitative estimate of drug-likeness (QED) is 0.410. The second kappa shape index (κ2) is 13.4. The molecule has 0 saturated heterocycles. The number of amides is 3. The van der Waals surface area contributed by atoms with E-state index in [1.807, 2.05) is 90.1 Å². The van der Waals surface area contributed by atoms with E-state index in [0.717, 1.165) is 22.3 Å². The summed E-state index contributed by atoms with van der Waals surface area (Å²) in [5.41, 5.74) is 3.01. The Morgan fingerprint density at radius 3 is 2.11 bits per heavy atom. The standard InChI is InChI=1S/C31H45N3O4/c1-20(2)17-26(33-30(37)38-31(7,8)9)29(36)34(21(3)4)27(25-16-15-22(5)18-23(25)6)28(35)32-19-24-13-11-10-12-14-24/h10-16,18,20-21,26-27H,17,19H2,1-9H3,(H,32,35)(H,33,37). The van der Waals surface area contributed by atoms with Gasteiger partial charge in [-0.3, -0.25) is 9.59 Å². The highest BCUT2D eigenvalue weighted by molar-refractivity contribution is 5.92. The van der Waals surface area contributed by atoms with Gasteiger partial charge in [-0.1, -0.05) is 67.9 Å². The van der Waals surface area contributed by atoms with Crippen molar-refractivity contribution in [1.82, 2.24) is 15.5 Å². The van der Waals surface area contributed by atoms with E-state index in [9.17, 15) is 14.4 Å². The van der Waals surface area contributed by atoms with Crippen LogP contribution in [0.4, 0.5) is 4.79 Å². The first-order valence-electron chi connectivity index (χ1n) is 13.4. The average Bonchev–Trinajstić information content (AvgIpc) is 2.79. The smallest absolute Gasteiger partial charge is 0.408 e. The molecule has 38 heavy (non-hydrogen) atoms. The van der Waals surface area contributed by atoms with Gasteiger partial charge in [0, 0.05) is 12.6 Å². The van der Waals surface area contributed by atoms with Gasteiger partial charge in [-0.15, -0.1) is 0 Å². The molecule has 0 aliphatic heterocycles. The molecule has 0 bridgehead atoms. The minimum atomic E-state index is -0.873. The number of carbonyl (C=O) groups excluding carboxylic acids is 3. The predicted octanol–water partition coefficient (Wildman–Crippen LogP) is 5.84. The second-order valence-corrected chi connectivity index (χ2v) is 11.6. The van der Waals surface area contributed by atoms with Gasteiger partial charge in [0.1, 0.15) is 17.7 Å². The van der Waals surface area contributed by atoms with Crippen molar-refractivity contribution in [3.63, 3.8) is 0 Å². The monoisotopic (exact) mass is 523 g/mol. The number of hydrogen-bond donors (Lipinski definition) is 2. The minimum absolute atomic E-state index is 0.124. The molecule has 3 amide bonds. The van der Waals surface area contributed by atoms with Crippen LogP contribution in [-0.2, 0) is 20.9 Å². The van der Waals surface area contributed by atoms with E-state index in [1.54, 1.807) is 25.7 Å². The lowest BCUT2D eigenvalue weighted by Gasteiger charge is -2.38. The zero-order valence-electron chi connectivity index (χ0n) is 24.4. The fourth-order valence-corrected chi connectivity index (χ4v) is 4.43. The summed E-state index contributed by atoms with van der Waals surface area (Å²) in [5.74, 6) is -0.470. The Bertz CT molecular complexity index is 1090. The molecule has 208 valence electrons. The van der Waals surface area contributed by atoms with Crippen LogP contribution in [0.1, 0.15) is 83.2 Å². The van der Waals surface area contributed by atoms with Crippen molar-refractivity contribution >= 4 is 17.9 Å². The molecule has 2 aromatic carbocycles. The summed E-state index contributed by atoms with van der Waals surface area (Å²) in [6, 6.07) is 13.5. The molecule has 2 N–H and O–H groups in total. The minimum Gasteiger partial charge on any atom is -0.444 e. The van der Waals surface area contributed by atoms with Crippen molar-refractivity contribution in [2.45, 2.75) is 99.0 Å². The molecule has 2 aromatic rings. The first kappa shape index (κ1) is 30.9. The number of rotatable bonds is 10. The molecular weight excluding hydrogens is 478 g/mol. The van der Waals surface area contributed by atoms with E-state index < -0.39 is 23.8 Å². The van der Waals surface area contributed by atoms with Gasteiger partial charge < -0.3 is 20.3 Å². The summed E-state index contributed by atoms with van der Waals surface area (Å²) in [5, 5.41) is 5.82. The Hall–Kier alpha value is -3.35. The van der Waals surface area contributed by atoms with E-state index in [-0.39, 0.29) is 23.8 Å². The van der Waals surface area contributed by atoms with Crippen LogP contribution < -0.4 is 10.6 Å². The Kier molecular flexibility index (Phi) is 10.9. The van der Waals surface area contributed by atoms with Gasteiger partial charge in [-0.25, -0.2) is 4.79 Å². The molecular formula is C31H45N3O4. The number of nitrogens with one attached hydrogen (secondary N) is 2. The van der Waals surface area contributed by atoms with Crippen LogP contribution in [0.2, 0.25) is 0 Å². The SMILES string of the molecule is Cc1ccc(C(C(=O)NCc2ccccc2)N(C(=O)C(CC(C)C)NC(=O)OC(C)(C)C)C(C)C)c(C)c1. The van der Waals surface area contributed by atoms with E-state index in [2.05, 4.69) is 10.6 Å². The van der Waals surface area contributed by atoms with Gasteiger partial charge >= 0.3 is 6.09 Å². The van der Waals surface area contributed by atoms with Crippen molar-refractivity contribution in [3.8, 4) is 0 Å². The molecule has 2 atom stereocenters. The normalized spacial score (nSPS) is 13.1. The van der Waals surface area contributed by atoms with Crippen molar-refractivity contribution in [1.29, 1.82) is 0 Å². The van der Waals surface area contributed by atoms with Crippen LogP contribution >= 0.6 is 0 Å². The number of benzene rings is 2. The summed E-state index contributed by atoms with van der Waals surface area (Å²) in [6.45, 7) is 17.4. The molecule has 0 saturated carbocycles. The lowest BCUT2D eigenvalue weighted by molar-refractivity contribution is -0.145. The van der Waals surface area contributed by atoms with Gasteiger partial charge in [0.2, 0.25) is 11.8 Å². The predicted molar refractivity (Wildman–Crippen MR) is 152 cm³/mol. The molecule has 2 rings (SSSR count). The molecule has 0 aliphatic rings. The molecule has 2 unspecified atom stereocenters. The lowest BCUT2D eigenvalue weighted by Crippen LogP contribution is -2.55. The Morgan fingerprint density at radius 2 is 1.58 bits per heavy atom. The zero-order valence-corrected chi connectivity index (χ0v) is 24.4. The fraction of sp³-hybridized carbons (Fsp3) is 0.516. The molecule has 0 aliphatic carbocycles. The Balaban J connectivity index is 2.49. The van der Waals surface area contributed by atoms with E-state index >= 15 is 0 Å². The highest BCUT2D eigenvalue weighted by Crippen LogP contribution is 2.29. The molecule has 0 aromatic heterocycles. The van der Waals surface area contributed by atoms with Crippen LogP contribution in [0.3, 0.4) is 0 Å². The first-order valence-corrected chi connectivity index (χ1v) is 13.4. The van der Waals surface area contributed by atoms with Gasteiger partial charge in [0.15, 0.2) is 0 Å². The summed E-state index contributed by atoms with van der Waals surface area (Å²) in [6.07, 6.45) is -0.246. The van der Waals surface area contributed by atoms with Crippen LogP contribution in [0, 0.1) is 19.8 Å². The van der Waals surface area contributed by atoms with Crippen LogP contribution in [0.5, 0.6) is 0 Å². The number of ether oxygens (including phenoxy) is 1. The second-order valence-electron chi connectivity index (χ2n) is 11.6. The van der Waals surface area contributed by atoms with Crippen molar-refractivity contribution < 1.29 is 19.1 Å². The summed E-state index contributed by atoms with van der Waals surface area (Å²) in [4.78, 5) is 42.3. The highest BCUT2D eigenvalue weighted by Gasteiger charge is 2.38. The van der Waals surface area contributed by atoms with Crippen LogP contribution in [-0.4, -0.2) is 40.5 Å². The third-order valence-electron chi connectivity index (χ3n) is 6.06. The van der Waals surface area contributed by atoms with Crippen LogP contribution in [0.25, 0.3) is 0 Å².